The number of hydrogen-bond donors (Lipinski definition) is 1. The molecule has 0 spiro atoms. The first-order valence-corrected chi connectivity index (χ1v) is 6.39. The van der Waals surface area contributed by atoms with Crippen molar-refractivity contribution >= 4 is 17.4 Å². The van der Waals surface area contributed by atoms with E-state index in [1.165, 1.54) is 17.8 Å². The molecular weight excluding hydrogens is 247 g/mol. The molecule has 0 saturated carbocycles. The van der Waals surface area contributed by atoms with E-state index in [1.807, 2.05) is 0 Å². The Hall–Kier alpha value is -0.840. The highest BCUT2D eigenvalue weighted by molar-refractivity contribution is 7.99. The second-order valence-corrected chi connectivity index (χ2v) is 5.45. The smallest absolute Gasteiger partial charge is 0.398 e. The SMILES string of the molecule is CC(C)CCSc1ccc(N)c(C(F)(F)F)c1. The summed E-state index contributed by atoms with van der Waals surface area (Å²) < 4.78 is 37.8. The number of halogens is 3. The molecule has 96 valence electrons. The molecule has 2 N–H and O–H groups in total. The molecule has 0 bridgehead atoms. The van der Waals surface area contributed by atoms with Crippen molar-refractivity contribution in [3.8, 4) is 0 Å². The van der Waals surface area contributed by atoms with Crippen LogP contribution in [0.15, 0.2) is 23.1 Å². The third-order valence-corrected chi connectivity index (χ3v) is 3.32. The van der Waals surface area contributed by atoms with Gasteiger partial charge in [0.1, 0.15) is 0 Å². The van der Waals surface area contributed by atoms with Gasteiger partial charge in [-0.3, -0.25) is 0 Å². The maximum absolute atomic E-state index is 12.6. The van der Waals surface area contributed by atoms with Gasteiger partial charge in [0.15, 0.2) is 0 Å². The van der Waals surface area contributed by atoms with Gasteiger partial charge in [0.25, 0.3) is 0 Å². The van der Waals surface area contributed by atoms with Gasteiger partial charge in [0.2, 0.25) is 0 Å². The van der Waals surface area contributed by atoms with Crippen molar-refractivity contribution < 1.29 is 13.2 Å². The molecule has 5 heteroatoms. The normalized spacial score (nSPS) is 12.1. The summed E-state index contributed by atoms with van der Waals surface area (Å²) in [5.41, 5.74) is 4.36. The van der Waals surface area contributed by atoms with E-state index in [9.17, 15) is 13.2 Å². The summed E-state index contributed by atoms with van der Waals surface area (Å²) in [4.78, 5) is 0.618. The molecular formula is C12H16F3NS. The van der Waals surface area contributed by atoms with E-state index in [0.29, 0.717) is 10.8 Å². The largest absolute Gasteiger partial charge is 0.418 e. The fourth-order valence-electron chi connectivity index (χ4n) is 1.28. The topological polar surface area (TPSA) is 26.0 Å². The van der Waals surface area contributed by atoms with Crippen LogP contribution in [0.1, 0.15) is 25.8 Å². The lowest BCUT2D eigenvalue weighted by atomic mass is 10.2. The van der Waals surface area contributed by atoms with Crippen molar-refractivity contribution in [3.05, 3.63) is 23.8 Å². The molecule has 1 aromatic rings. The lowest BCUT2D eigenvalue weighted by Gasteiger charge is -2.11. The number of nitrogen functional groups attached to an aromatic ring is 1. The number of anilines is 1. The van der Waals surface area contributed by atoms with Crippen molar-refractivity contribution in [3.63, 3.8) is 0 Å². The molecule has 17 heavy (non-hydrogen) atoms. The standard InChI is InChI=1S/C12H16F3NS/c1-8(2)5-6-17-9-3-4-11(16)10(7-9)12(13,14)15/h3-4,7-8H,5-6,16H2,1-2H3. The first-order chi connectivity index (χ1) is 7.80. The zero-order chi connectivity index (χ0) is 13.1. The second kappa shape index (κ2) is 5.67. The number of hydrogen-bond acceptors (Lipinski definition) is 2. The number of alkyl halides is 3. The molecule has 1 nitrogen and oxygen atoms in total. The zero-order valence-corrected chi connectivity index (χ0v) is 10.7. The molecule has 1 rings (SSSR count). The Balaban J connectivity index is 2.76. The molecule has 0 aliphatic carbocycles. The van der Waals surface area contributed by atoms with E-state index in [4.69, 9.17) is 5.73 Å². The molecule has 0 unspecified atom stereocenters. The van der Waals surface area contributed by atoms with Crippen LogP contribution in [0.3, 0.4) is 0 Å². The summed E-state index contributed by atoms with van der Waals surface area (Å²) in [6.07, 6.45) is -3.39. The molecule has 0 radical (unpaired) electrons. The Morgan fingerprint density at radius 1 is 1.29 bits per heavy atom. The van der Waals surface area contributed by atoms with Crippen molar-refractivity contribution in [2.24, 2.45) is 5.92 Å². The molecule has 0 saturated heterocycles. The van der Waals surface area contributed by atoms with Crippen LogP contribution in [0.25, 0.3) is 0 Å². The molecule has 0 aliphatic rings. The maximum atomic E-state index is 12.6. The van der Waals surface area contributed by atoms with E-state index in [2.05, 4.69) is 13.8 Å². The Morgan fingerprint density at radius 2 is 1.94 bits per heavy atom. The second-order valence-electron chi connectivity index (χ2n) is 4.28. The fourth-order valence-corrected chi connectivity index (χ4v) is 2.47. The Kier molecular flexibility index (Phi) is 4.74. The van der Waals surface area contributed by atoms with Gasteiger partial charge in [0.05, 0.1) is 5.56 Å². The Bertz CT molecular complexity index is 375. The summed E-state index contributed by atoms with van der Waals surface area (Å²) in [7, 11) is 0. The fraction of sp³-hybridized carbons (Fsp3) is 0.500. The van der Waals surface area contributed by atoms with Crippen LogP contribution in [0, 0.1) is 5.92 Å². The van der Waals surface area contributed by atoms with Gasteiger partial charge in [-0.15, -0.1) is 11.8 Å². The van der Waals surface area contributed by atoms with Gasteiger partial charge in [-0.25, -0.2) is 0 Å². The number of nitrogens with two attached hydrogens (primary N) is 1. The predicted molar refractivity (Wildman–Crippen MR) is 66.0 cm³/mol. The highest BCUT2D eigenvalue weighted by atomic mass is 32.2. The average molecular weight is 263 g/mol. The molecule has 0 heterocycles. The predicted octanol–water partition coefficient (Wildman–Crippen LogP) is 4.43. The van der Waals surface area contributed by atoms with Gasteiger partial charge in [0, 0.05) is 10.6 Å². The quantitative estimate of drug-likeness (QED) is 0.642. The minimum atomic E-state index is -4.38. The molecule has 0 fully saturated rings. The molecule has 0 atom stereocenters. The number of rotatable bonds is 4. The zero-order valence-electron chi connectivity index (χ0n) is 9.84. The van der Waals surface area contributed by atoms with E-state index >= 15 is 0 Å². The third-order valence-electron chi connectivity index (χ3n) is 2.29. The van der Waals surface area contributed by atoms with Gasteiger partial charge in [-0.2, -0.15) is 13.2 Å². The third kappa shape index (κ3) is 4.50. The van der Waals surface area contributed by atoms with Crippen LogP contribution in [0.2, 0.25) is 0 Å². The van der Waals surface area contributed by atoms with Crippen LogP contribution in [-0.4, -0.2) is 5.75 Å². The molecule has 0 aromatic heterocycles. The van der Waals surface area contributed by atoms with E-state index < -0.39 is 11.7 Å². The molecule has 0 aliphatic heterocycles. The van der Waals surface area contributed by atoms with Crippen LogP contribution in [0.5, 0.6) is 0 Å². The molecule has 0 amide bonds. The van der Waals surface area contributed by atoms with Crippen molar-refractivity contribution in [1.29, 1.82) is 0 Å². The van der Waals surface area contributed by atoms with Crippen LogP contribution >= 0.6 is 11.8 Å². The van der Waals surface area contributed by atoms with Crippen molar-refractivity contribution in [1.82, 2.24) is 0 Å². The lowest BCUT2D eigenvalue weighted by molar-refractivity contribution is -0.137. The lowest BCUT2D eigenvalue weighted by Crippen LogP contribution is -2.08. The molecule has 1 aromatic carbocycles. The summed E-state index contributed by atoms with van der Waals surface area (Å²) in [5.74, 6) is 1.37. The van der Waals surface area contributed by atoms with Crippen LogP contribution in [0.4, 0.5) is 18.9 Å². The summed E-state index contributed by atoms with van der Waals surface area (Å²) in [6.45, 7) is 4.18. The number of benzene rings is 1. The number of thioether (sulfide) groups is 1. The minimum Gasteiger partial charge on any atom is -0.398 e. The summed E-state index contributed by atoms with van der Waals surface area (Å²) >= 11 is 1.43. The van der Waals surface area contributed by atoms with Crippen LogP contribution in [-0.2, 0) is 6.18 Å². The Morgan fingerprint density at radius 3 is 2.47 bits per heavy atom. The maximum Gasteiger partial charge on any atom is 0.418 e. The van der Waals surface area contributed by atoms with Crippen LogP contribution < -0.4 is 5.73 Å². The van der Waals surface area contributed by atoms with Gasteiger partial charge >= 0.3 is 6.18 Å². The van der Waals surface area contributed by atoms with Gasteiger partial charge in [-0.1, -0.05) is 13.8 Å². The van der Waals surface area contributed by atoms with E-state index in [0.717, 1.165) is 18.2 Å². The van der Waals surface area contributed by atoms with E-state index in [-0.39, 0.29) is 5.69 Å². The summed E-state index contributed by atoms with van der Waals surface area (Å²) in [6, 6.07) is 4.08. The van der Waals surface area contributed by atoms with E-state index in [1.54, 1.807) is 6.07 Å². The first kappa shape index (κ1) is 14.2. The first-order valence-electron chi connectivity index (χ1n) is 5.40. The highest BCUT2D eigenvalue weighted by Gasteiger charge is 2.33. The average Bonchev–Trinajstić information content (AvgIpc) is 2.18. The van der Waals surface area contributed by atoms with Gasteiger partial charge in [-0.05, 0) is 36.3 Å². The monoisotopic (exact) mass is 263 g/mol. The van der Waals surface area contributed by atoms with Crippen molar-refractivity contribution in [2.75, 3.05) is 11.5 Å². The highest BCUT2D eigenvalue weighted by Crippen LogP contribution is 2.36. The summed E-state index contributed by atoms with van der Waals surface area (Å²) in [5, 5.41) is 0. The van der Waals surface area contributed by atoms with Crippen molar-refractivity contribution in [2.45, 2.75) is 31.3 Å². The van der Waals surface area contributed by atoms with Gasteiger partial charge < -0.3 is 5.73 Å². The minimum absolute atomic E-state index is 0.217. The Labute approximate surface area is 104 Å².